The number of aryl methyl sites for hydroxylation is 1. The van der Waals surface area contributed by atoms with Crippen LogP contribution in [0.4, 0.5) is 5.82 Å². The first kappa shape index (κ1) is 20.3. The third-order valence-corrected chi connectivity index (χ3v) is 5.69. The van der Waals surface area contributed by atoms with Gasteiger partial charge in [-0.15, -0.1) is 10.2 Å². The summed E-state index contributed by atoms with van der Waals surface area (Å²) >= 11 is 0. The van der Waals surface area contributed by atoms with Crippen molar-refractivity contribution >= 4 is 5.82 Å². The van der Waals surface area contributed by atoms with Gasteiger partial charge in [-0.05, 0) is 49.9 Å². The normalized spacial score (nSPS) is 19.7. The minimum absolute atomic E-state index is 0.532. The molecule has 2 bridgehead atoms. The predicted octanol–water partition coefficient (Wildman–Crippen LogP) is 3.28. The van der Waals surface area contributed by atoms with Crippen molar-refractivity contribution < 1.29 is 4.74 Å². The second-order valence-electron chi connectivity index (χ2n) is 7.78. The van der Waals surface area contributed by atoms with E-state index >= 15 is 0 Å². The third kappa shape index (κ3) is 4.59. The fraction of sp³-hybridized carbons (Fsp3) is 0.455. The van der Waals surface area contributed by atoms with Crippen LogP contribution in [0.5, 0.6) is 5.88 Å². The Morgan fingerprint density at radius 2 is 1.80 bits per heavy atom. The third-order valence-electron chi connectivity index (χ3n) is 5.69. The van der Waals surface area contributed by atoms with E-state index in [-0.39, 0.29) is 0 Å². The second-order valence-corrected chi connectivity index (χ2v) is 7.78. The van der Waals surface area contributed by atoms with Gasteiger partial charge in [-0.1, -0.05) is 6.42 Å². The van der Waals surface area contributed by atoms with Crippen molar-refractivity contribution in [1.29, 1.82) is 0 Å². The minimum Gasteiger partial charge on any atom is -0.481 e. The molecule has 2 atom stereocenters. The molecule has 0 aromatic carbocycles. The quantitative estimate of drug-likeness (QED) is 0.686. The van der Waals surface area contributed by atoms with Crippen LogP contribution >= 0.6 is 0 Å². The molecular formula is C22H29N7O. The van der Waals surface area contributed by atoms with Crippen molar-refractivity contribution in [1.82, 2.24) is 30.3 Å². The van der Waals surface area contributed by atoms with Gasteiger partial charge in [0.25, 0.3) is 0 Å². The van der Waals surface area contributed by atoms with Crippen LogP contribution in [0, 0.1) is 0 Å². The van der Waals surface area contributed by atoms with E-state index in [0.29, 0.717) is 23.1 Å². The number of anilines is 1. The molecule has 2 saturated heterocycles. The molecule has 2 aliphatic rings. The number of nitrogens with zero attached hydrogens (tertiary/aromatic N) is 5. The molecule has 0 aliphatic carbocycles. The second kappa shape index (κ2) is 9.21. The molecule has 3 aromatic rings. The number of piperidine rings is 1. The van der Waals surface area contributed by atoms with Crippen LogP contribution < -0.4 is 15.4 Å². The van der Waals surface area contributed by atoms with Gasteiger partial charge in [0, 0.05) is 43.5 Å². The molecular weight excluding hydrogens is 378 g/mol. The lowest BCUT2D eigenvalue weighted by atomic mass is 10.1. The Labute approximate surface area is 177 Å². The number of methoxy groups -OCH3 is 1. The van der Waals surface area contributed by atoms with Crippen LogP contribution in [-0.2, 0) is 7.05 Å². The Kier molecular flexibility index (Phi) is 6.23. The van der Waals surface area contributed by atoms with Gasteiger partial charge in [-0.3, -0.25) is 4.68 Å². The van der Waals surface area contributed by atoms with E-state index in [4.69, 9.17) is 4.74 Å². The molecule has 3 aromatic heterocycles. The Morgan fingerprint density at radius 1 is 1.03 bits per heavy atom. The summed E-state index contributed by atoms with van der Waals surface area (Å²) < 4.78 is 7.15. The molecule has 0 radical (unpaired) electrons. The zero-order valence-electron chi connectivity index (χ0n) is 17.8. The topological polar surface area (TPSA) is 89.8 Å². The van der Waals surface area contributed by atoms with Crippen LogP contribution in [0.25, 0.3) is 22.5 Å². The average molecular weight is 408 g/mol. The fourth-order valence-electron chi connectivity index (χ4n) is 4.09. The van der Waals surface area contributed by atoms with E-state index in [1.807, 2.05) is 37.5 Å². The van der Waals surface area contributed by atoms with Crippen molar-refractivity contribution in [2.75, 3.05) is 19.5 Å². The van der Waals surface area contributed by atoms with E-state index in [1.165, 1.54) is 32.1 Å². The van der Waals surface area contributed by atoms with E-state index in [1.54, 1.807) is 25.0 Å². The average Bonchev–Trinajstić information content (AvgIpc) is 3.38. The number of aromatic nitrogens is 5. The van der Waals surface area contributed by atoms with Gasteiger partial charge in [0.2, 0.25) is 5.88 Å². The largest absolute Gasteiger partial charge is 0.481 e. The Balaban J connectivity index is 0.000000225. The number of fused-ring (bicyclic) bond motifs is 2. The molecule has 0 amide bonds. The van der Waals surface area contributed by atoms with Crippen molar-refractivity contribution in [3.63, 3.8) is 0 Å². The molecule has 8 nitrogen and oxygen atoms in total. The molecule has 2 fully saturated rings. The van der Waals surface area contributed by atoms with Gasteiger partial charge >= 0.3 is 0 Å². The maximum absolute atomic E-state index is 5.41. The lowest BCUT2D eigenvalue weighted by Gasteiger charge is -2.19. The maximum atomic E-state index is 5.41. The number of pyridine rings is 1. The highest BCUT2D eigenvalue weighted by atomic mass is 16.5. The molecule has 5 heterocycles. The highest BCUT2D eigenvalue weighted by Gasteiger charge is 2.26. The van der Waals surface area contributed by atoms with Crippen LogP contribution in [-0.4, -0.2) is 51.2 Å². The lowest BCUT2D eigenvalue weighted by Crippen LogP contribution is -2.33. The number of ether oxygens (including phenoxy) is 1. The highest BCUT2D eigenvalue weighted by molar-refractivity contribution is 5.70. The Bertz CT molecular complexity index is 956. The maximum Gasteiger partial charge on any atom is 0.221 e. The summed E-state index contributed by atoms with van der Waals surface area (Å²) in [5, 5.41) is 18.9. The molecule has 8 heteroatoms. The summed E-state index contributed by atoms with van der Waals surface area (Å²) in [5.74, 6) is 1.24. The van der Waals surface area contributed by atoms with E-state index < -0.39 is 0 Å². The smallest absolute Gasteiger partial charge is 0.221 e. The summed E-state index contributed by atoms with van der Waals surface area (Å²) in [7, 11) is 5.27. The molecule has 0 saturated carbocycles. The molecule has 1 unspecified atom stereocenters. The molecule has 2 N–H and O–H groups in total. The summed E-state index contributed by atoms with van der Waals surface area (Å²) in [6.45, 7) is 0. The number of nitrogens with one attached hydrogen (secondary N) is 2. The van der Waals surface area contributed by atoms with Gasteiger partial charge in [-0.2, -0.15) is 5.10 Å². The van der Waals surface area contributed by atoms with Crippen molar-refractivity contribution in [2.45, 2.75) is 44.2 Å². The summed E-state index contributed by atoms with van der Waals surface area (Å²) in [6.07, 6.45) is 11.0. The lowest BCUT2D eigenvalue weighted by molar-refractivity contribution is 0.400. The zero-order valence-corrected chi connectivity index (χ0v) is 17.8. The van der Waals surface area contributed by atoms with Gasteiger partial charge in [0.15, 0.2) is 0 Å². The van der Waals surface area contributed by atoms with Crippen LogP contribution in [0.1, 0.15) is 32.1 Å². The summed E-state index contributed by atoms with van der Waals surface area (Å²) in [4.78, 5) is 4.52. The van der Waals surface area contributed by atoms with Gasteiger partial charge in [-0.25, -0.2) is 4.98 Å². The standard InChI is InChI=1S/C15H16N6O.C7H13N/c1-16-14-7-6-13(19-20-14)12-5-4-11(15(18-12)22-3)10-8-17-21(2)9-10;1-2-6-4-5-7(3-1)8-6/h4-9H,1-3H3,(H,16,20);6-8H,1-5H2/t;6-,7?/m.1/s1. The van der Waals surface area contributed by atoms with Crippen LogP contribution in [0.2, 0.25) is 0 Å². The van der Waals surface area contributed by atoms with Crippen LogP contribution in [0.15, 0.2) is 36.7 Å². The molecule has 5 rings (SSSR count). The van der Waals surface area contributed by atoms with Crippen molar-refractivity contribution in [2.24, 2.45) is 7.05 Å². The molecule has 0 spiro atoms. The fourth-order valence-corrected chi connectivity index (χ4v) is 4.09. The van der Waals surface area contributed by atoms with Gasteiger partial charge < -0.3 is 15.4 Å². The minimum atomic E-state index is 0.532. The zero-order chi connectivity index (χ0) is 20.9. The summed E-state index contributed by atoms with van der Waals surface area (Å²) in [5.41, 5.74) is 3.24. The molecule has 2 aliphatic heterocycles. The van der Waals surface area contributed by atoms with E-state index in [0.717, 1.165) is 23.2 Å². The first-order valence-electron chi connectivity index (χ1n) is 10.5. The first-order valence-corrected chi connectivity index (χ1v) is 10.5. The number of hydrogen-bond donors (Lipinski definition) is 2. The molecule has 158 valence electrons. The summed E-state index contributed by atoms with van der Waals surface area (Å²) in [6, 6.07) is 9.39. The van der Waals surface area contributed by atoms with Crippen molar-refractivity contribution in [3.05, 3.63) is 36.7 Å². The monoisotopic (exact) mass is 407 g/mol. The van der Waals surface area contributed by atoms with Gasteiger partial charge in [0.05, 0.1) is 19.0 Å². The Hall–Kier alpha value is -3.00. The SMILES string of the molecule is C1CC2CC[C@@H](C1)N2.CNc1ccc(-c2ccc(-c3cnn(C)c3)c(OC)n2)nn1. The highest BCUT2D eigenvalue weighted by Crippen LogP contribution is 2.30. The number of hydrogen-bond acceptors (Lipinski definition) is 7. The first-order chi connectivity index (χ1) is 14.7. The van der Waals surface area contributed by atoms with Crippen molar-refractivity contribution in [3.8, 4) is 28.4 Å². The Morgan fingerprint density at radius 3 is 2.37 bits per heavy atom. The van der Waals surface area contributed by atoms with Gasteiger partial charge in [0.1, 0.15) is 11.5 Å². The van der Waals surface area contributed by atoms with E-state index in [9.17, 15) is 0 Å². The van der Waals surface area contributed by atoms with E-state index in [2.05, 4.69) is 30.9 Å². The molecule has 30 heavy (non-hydrogen) atoms. The number of rotatable bonds is 4. The predicted molar refractivity (Wildman–Crippen MR) is 117 cm³/mol. The van der Waals surface area contributed by atoms with Crippen LogP contribution in [0.3, 0.4) is 0 Å².